The highest BCUT2D eigenvalue weighted by Gasteiger charge is 2.15. The van der Waals surface area contributed by atoms with E-state index in [1.807, 2.05) is 50.4 Å². The lowest BCUT2D eigenvalue weighted by atomic mass is 10.0. The molecular formula is C25H32ClN3O3. The number of hydrogen-bond acceptors (Lipinski definition) is 4. The summed E-state index contributed by atoms with van der Waals surface area (Å²) in [5, 5.41) is 15.5. The van der Waals surface area contributed by atoms with Gasteiger partial charge in [-0.2, -0.15) is 0 Å². The first-order valence-electron chi connectivity index (χ1n) is 11.1. The molecule has 2 aromatic carbocycles. The third-order valence-corrected chi connectivity index (χ3v) is 5.88. The molecule has 0 aliphatic carbocycles. The van der Waals surface area contributed by atoms with Crippen LogP contribution >= 0.6 is 11.6 Å². The number of likely N-dealkylation sites (N-methyl/N-ethyl adjacent to an activating group) is 1. The molecule has 0 unspecified atom stereocenters. The van der Waals surface area contributed by atoms with Crippen LogP contribution in [0.5, 0.6) is 5.75 Å². The topological polar surface area (TPSA) is 77.6 Å². The first-order valence-corrected chi connectivity index (χ1v) is 11.5. The number of benzene rings is 2. The molecule has 0 bridgehead atoms. The van der Waals surface area contributed by atoms with Gasteiger partial charge in [0.15, 0.2) is 6.61 Å². The lowest BCUT2D eigenvalue weighted by molar-refractivity contribution is -0.132. The number of rotatable bonds is 11. The maximum absolute atomic E-state index is 12.3. The van der Waals surface area contributed by atoms with Crippen molar-refractivity contribution in [2.75, 3.05) is 26.2 Å². The number of fused-ring (bicyclic) bond motifs is 1. The molecule has 172 valence electrons. The lowest BCUT2D eigenvalue weighted by Crippen LogP contribution is -2.34. The van der Waals surface area contributed by atoms with Crippen molar-refractivity contribution in [1.82, 2.24) is 15.2 Å². The molecule has 1 amide bonds. The summed E-state index contributed by atoms with van der Waals surface area (Å²) < 4.78 is 5.84. The molecule has 1 aromatic heterocycles. The molecule has 3 aromatic rings. The Labute approximate surface area is 194 Å². The average Bonchev–Trinajstić information content (AvgIpc) is 3.20. The highest BCUT2D eigenvalue weighted by molar-refractivity contribution is 6.30. The summed E-state index contributed by atoms with van der Waals surface area (Å²) in [6.07, 6.45) is 2.14. The number of ether oxygens (including phenoxy) is 1. The van der Waals surface area contributed by atoms with E-state index < -0.39 is 6.10 Å². The van der Waals surface area contributed by atoms with Gasteiger partial charge >= 0.3 is 0 Å². The van der Waals surface area contributed by atoms with Gasteiger partial charge in [-0.05, 0) is 56.5 Å². The quantitative estimate of drug-likeness (QED) is 0.399. The van der Waals surface area contributed by atoms with Gasteiger partial charge in [-0.1, -0.05) is 35.9 Å². The fourth-order valence-electron chi connectivity index (χ4n) is 3.83. The van der Waals surface area contributed by atoms with Gasteiger partial charge in [0.2, 0.25) is 0 Å². The van der Waals surface area contributed by atoms with Crippen molar-refractivity contribution in [3.8, 4) is 5.75 Å². The van der Waals surface area contributed by atoms with E-state index in [9.17, 15) is 9.90 Å². The van der Waals surface area contributed by atoms with Gasteiger partial charge in [0.1, 0.15) is 5.75 Å². The number of amides is 1. The molecule has 0 saturated carbocycles. The van der Waals surface area contributed by atoms with E-state index >= 15 is 0 Å². The van der Waals surface area contributed by atoms with E-state index in [1.165, 1.54) is 0 Å². The highest BCUT2D eigenvalue weighted by atomic mass is 35.5. The van der Waals surface area contributed by atoms with E-state index in [1.54, 1.807) is 17.0 Å². The Morgan fingerprint density at radius 3 is 2.72 bits per heavy atom. The van der Waals surface area contributed by atoms with Gasteiger partial charge in [-0.3, -0.25) is 4.79 Å². The lowest BCUT2D eigenvalue weighted by Gasteiger charge is -2.19. The van der Waals surface area contributed by atoms with Crippen LogP contribution in [0.15, 0.2) is 48.7 Å². The minimum Gasteiger partial charge on any atom is -0.482 e. The van der Waals surface area contributed by atoms with Crippen molar-refractivity contribution in [1.29, 1.82) is 0 Å². The summed E-state index contributed by atoms with van der Waals surface area (Å²) in [5.41, 5.74) is 2.84. The van der Waals surface area contributed by atoms with Gasteiger partial charge < -0.3 is 25.0 Å². The third-order valence-electron chi connectivity index (χ3n) is 5.65. The van der Waals surface area contributed by atoms with E-state index in [4.69, 9.17) is 16.3 Å². The van der Waals surface area contributed by atoms with Gasteiger partial charge in [0.05, 0.1) is 11.6 Å². The summed E-state index contributed by atoms with van der Waals surface area (Å²) >= 11 is 6.02. The van der Waals surface area contributed by atoms with Crippen LogP contribution in [0, 0.1) is 0 Å². The van der Waals surface area contributed by atoms with Crippen LogP contribution in [0.2, 0.25) is 5.02 Å². The predicted molar refractivity (Wildman–Crippen MR) is 129 cm³/mol. The van der Waals surface area contributed by atoms with Crippen molar-refractivity contribution in [2.24, 2.45) is 0 Å². The van der Waals surface area contributed by atoms with Crippen LogP contribution in [0.3, 0.4) is 0 Å². The molecule has 2 atom stereocenters. The van der Waals surface area contributed by atoms with Gasteiger partial charge in [-0.15, -0.1) is 0 Å². The van der Waals surface area contributed by atoms with Crippen molar-refractivity contribution in [3.63, 3.8) is 0 Å². The first-order chi connectivity index (χ1) is 15.4. The number of halogens is 1. The molecule has 3 rings (SSSR count). The zero-order valence-electron chi connectivity index (χ0n) is 18.9. The molecule has 1 heterocycles. The summed E-state index contributed by atoms with van der Waals surface area (Å²) in [4.78, 5) is 17.3. The van der Waals surface area contributed by atoms with E-state index in [-0.39, 0.29) is 18.6 Å². The number of aromatic amines is 1. The number of H-pyrrole nitrogens is 1. The number of aliphatic hydroxyl groups excluding tert-OH is 1. The minimum atomic E-state index is -0.623. The SMILES string of the molecule is CCN(CC)C(=O)[14CH2]Oc1cccc2c(C[C@@H](C)NC[C@H](O)c3cccc(Cl)c3)c[nH]c12. The normalized spacial score (nSPS) is 13.2. The molecule has 0 fully saturated rings. The Bertz CT molecular complexity index is 1030. The monoisotopic (exact) mass is 459 g/mol. The largest absolute Gasteiger partial charge is 0.482 e. The number of nitrogens with zero attached hydrogens (tertiary/aromatic N) is 1. The number of para-hydroxylation sites is 1. The van der Waals surface area contributed by atoms with Crippen LogP contribution in [0.25, 0.3) is 10.9 Å². The average molecular weight is 460 g/mol. The second kappa shape index (κ2) is 11.4. The predicted octanol–water partition coefficient (Wildman–Crippen LogP) is 4.32. The van der Waals surface area contributed by atoms with E-state index in [0.717, 1.165) is 28.5 Å². The van der Waals surface area contributed by atoms with Gasteiger partial charge in [0, 0.05) is 42.3 Å². The smallest absolute Gasteiger partial charge is 0.260 e. The standard InChI is InChI=1S/C25H32ClN3O3/c1-4-29(5-2)24(31)16-32-23-11-7-10-21-19(14-28-25(21)23)12-17(3)27-15-22(30)18-8-6-9-20(26)13-18/h6-11,13-14,17,22,27-28,30H,4-5,12,15-16H2,1-3H3/t17-,22+/m1/s1/i16+2. The minimum absolute atomic E-state index is 0.0186. The molecule has 32 heavy (non-hydrogen) atoms. The van der Waals surface area contributed by atoms with Crippen LogP contribution in [0.4, 0.5) is 0 Å². The number of aromatic nitrogens is 1. The van der Waals surface area contributed by atoms with Crippen LogP contribution in [0.1, 0.15) is 38.0 Å². The fourth-order valence-corrected chi connectivity index (χ4v) is 4.03. The molecule has 7 heteroatoms. The van der Waals surface area contributed by atoms with Gasteiger partial charge in [-0.25, -0.2) is 0 Å². The molecule has 0 radical (unpaired) electrons. The Hall–Kier alpha value is -2.54. The summed E-state index contributed by atoms with van der Waals surface area (Å²) in [7, 11) is 0. The van der Waals surface area contributed by atoms with E-state index in [2.05, 4.69) is 17.2 Å². The fraction of sp³-hybridized carbons (Fsp3) is 0.400. The second-order valence-corrected chi connectivity index (χ2v) is 8.37. The Kier molecular flexibility index (Phi) is 8.56. The van der Waals surface area contributed by atoms with Crippen LogP contribution in [-0.4, -0.2) is 53.2 Å². The summed E-state index contributed by atoms with van der Waals surface area (Å²) in [5.74, 6) is 0.654. The molecule has 3 N–H and O–H groups in total. The molecule has 0 aliphatic heterocycles. The zero-order chi connectivity index (χ0) is 23.1. The van der Waals surface area contributed by atoms with E-state index in [0.29, 0.717) is 30.4 Å². The number of aliphatic hydroxyl groups is 1. The molecule has 6 nitrogen and oxygen atoms in total. The highest BCUT2D eigenvalue weighted by Crippen LogP contribution is 2.28. The first kappa shape index (κ1) is 24.1. The van der Waals surface area contributed by atoms with Gasteiger partial charge in [0.25, 0.3) is 5.91 Å². The molecule has 0 spiro atoms. The maximum Gasteiger partial charge on any atom is 0.260 e. The second-order valence-electron chi connectivity index (χ2n) is 7.93. The zero-order valence-corrected chi connectivity index (χ0v) is 19.7. The van der Waals surface area contributed by atoms with Crippen LogP contribution < -0.4 is 10.1 Å². The summed E-state index contributed by atoms with van der Waals surface area (Å²) in [6.45, 7) is 7.82. The van der Waals surface area contributed by atoms with Crippen molar-refractivity contribution < 1.29 is 14.6 Å². The number of nitrogens with one attached hydrogen (secondary N) is 2. The van der Waals surface area contributed by atoms with Crippen LogP contribution in [-0.2, 0) is 11.2 Å². The Balaban J connectivity index is 1.60. The summed E-state index contributed by atoms with van der Waals surface area (Å²) in [6, 6.07) is 13.3. The third kappa shape index (κ3) is 6.03. The number of carbonyl (C=O) groups excluding carboxylic acids is 1. The van der Waals surface area contributed by atoms with Crippen molar-refractivity contribution in [2.45, 2.75) is 39.3 Å². The van der Waals surface area contributed by atoms with Crippen molar-refractivity contribution in [3.05, 3.63) is 64.8 Å². The Morgan fingerprint density at radius 1 is 1.25 bits per heavy atom. The molecule has 0 aliphatic rings. The number of hydrogen-bond donors (Lipinski definition) is 3. The van der Waals surface area contributed by atoms with Crippen molar-refractivity contribution >= 4 is 28.4 Å². The molecule has 0 saturated heterocycles. The number of carbonyl (C=O) groups is 1. The Morgan fingerprint density at radius 2 is 2.00 bits per heavy atom. The molecular weight excluding hydrogens is 428 g/mol. The maximum atomic E-state index is 12.3.